The Hall–Kier alpha value is -1.10. The lowest BCUT2D eigenvalue weighted by atomic mass is 9.97. The Balaban J connectivity index is 2.08. The van der Waals surface area contributed by atoms with Crippen LogP contribution in [-0.4, -0.2) is 40.8 Å². The molecular weight excluding hydrogens is 252 g/mol. The van der Waals surface area contributed by atoms with Gasteiger partial charge < -0.3 is 15.6 Å². The molecule has 2 rings (SSSR count). The molecule has 1 atom stereocenters. The zero-order valence-corrected chi connectivity index (χ0v) is 12.9. The second kappa shape index (κ2) is 5.35. The van der Waals surface area contributed by atoms with E-state index in [0.29, 0.717) is 12.2 Å². The van der Waals surface area contributed by atoms with Gasteiger partial charge in [0.05, 0.1) is 17.3 Å². The van der Waals surface area contributed by atoms with E-state index < -0.39 is 6.10 Å². The first-order valence-corrected chi connectivity index (χ1v) is 7.14. The van der Waals surface area contributed by atoms with Crippen LogP contribution in [0.3, 0.4) is 0 Å². The fourth-order valence-corrected chi connectivity index (χ4v) is 3.23. The van der Waals surface area contributed by atoms with Gasteiger partial charge >= 0.3 is 0 Å². The molecule has 1 saturated heterocycles. The molecule has 0 spiro atoms. The van der Waals surface area contributed by atoms with Gasteiger partial charge in [-0.25, -0.2) is 0 Å². The van der Waals surface area contributed by atoms with Gasteiger partial charge in [-0.15, -0.1) is 0 Å². The predicted octanol–water partition coefficient (Wildman–Crippen LogP) is 2.19. The van der Waals surface area contributed by atoms with E-state index in [1.165, 1.54) is 0 Å². The number of nitrogens with zero attached hydrogens (tertiary/aromatic N) is 1. The molecule has 0 aliphatic carbocycles. The van der Waals surface area contributed by atoms with Crippen LogP contribution in [-0.2, 0) is 4.74 Å². The SMILES string of the molecule is CC1(C)CN(CC(O)c2ccccc2N)CC(C)(C)O1. The molecule has 0 bridgehead atoms. The average molecular weight is 278 g/mol. The number of rotatable bonds is 3. The van der Waals surface area contributed by atoms with Crippen LogP contribution in [0, 0.1) is 0 Å². The summed E-state index contributed by atoms with van der Waals surface area (Å²) < 4.78 is 6.05. The smallest absolute Gasteiger partial charge is 0.0936 e. The molecule has 1 aromatic rings. The molecule has 0 amide bonds. The highest BCUT2D eigenvalue weighted by atomic mass is 16.5. The number of benzene rings is 1. The number of morpholine rings is 1. The number of aliphatic hydroxyl groups excluding tert-OH is 1. The third-order valence-electron chi connectivity index (χ3n) is 3.55. The molecule has 0 saturated carbocycles. The maximum atomic E-state index is 10.4. The molecule has 3 N–H and O–H groups in total. The highest BCUT2D eigenvalue weighted by Crippen LogP contribution is 2.30. The van der Waals surface area contributed by atoms with Gasteiger partial charge in [-0.05, 0) is 33.8 Å². The van der Waals surface area contributed by atoms with Gasteiger partial charge in [0.15, 0.2) is 0 Å². The summed E-state index contributed by atoms with van der Waals surface area (Å²) in [5.41, 5.74) is 6.97. The van der Waals surface area contributed by atoms with Gasteiger partial charge in [0.25, 0.3) is 0 Å². The van der Waals surface area contributed by atoms with Gasteiger partial charge in [-0.1, -0.05) is 18.2 Å². The fraction of sp³-hybridized carbons (Fsp3) is 0.625. The summed E-state index contributed by atoms with van der Waals surface area (Å²) in [5, 5.41) is 10.4. The maximum Gasteiger partial charge on any atom is 0.0936 e. The summed E-state index contributed by atoms with van der Waals surface area (Å²) in [6, 6.07) is 7.50. The number of aliphatic hydroxyl groups is 1. The number of nitrogen functional groups attached to an aromatic ring is 1. The van der Waals surface area contributed by atoms with Crippen molar-refractivity contribution in [3.8, 4) is 0 Å². The highest BCUT2D eigenvalue weighted by molar-refractivity contribution is 5.47. The van der Waals surface area contributed by atoms with Crippen LogP contribution in [0.15, 0.2) is 24.3 Å². The van der Waals surface area contributed by atoms with Crippen molar-refractivity contribution in [3.63, 3.8) is 0 Å². The lowest BCUT2D eigenvalue weighted by molar-refractivity contribution is -0.183. The summed E-state index contributed by atoms with van der Waals surface area (Å²) in [4.78, 5) is 2.25. The number of nitrogens with two attached hydrogens (primary N) is 1. The van der Waals surface area contributed by atoms with E-state index in [9.17, 15) is 5.11 Å². The van der Waals surface area contributed by atoms with E-state index in [-0.39, 0.29) is 11.2 Å². The third-order valence-corrected chi connectivity index (χ3v) is 3.55. The van der Waals surface area contributed by atoms with Crippen molar-refractivity contribution in [1.82, 2.24) is 4.90 Å². The van der Waals surface area contributed by atoms with Gasteiger partial charge in [0.1, 0.15) is 0 Å². The molecular formula is C16H26N2O2. The van der Waals surface area contributed by atoms with E-state index in [2.05, 4.69) is 32.6 Å². The molecule has 20 heavy (non-hydrogen) atoms. The number of para-hydroxylation sites is 1. The number of ether oxygens (including phenoxy) is 1. The van der Waals surface area contributed by atoms with Gasteiger partial charge in [-0.3, -0.25) is 4.90 Å². The highest BCUT2D eigenvalue weighted by Gasteiger charge is 2.38. The minimum atomic E-state index is -0.569. The zero-order chi connectivity index (χ0) is 15.0. The minimum absolute atomic E-state index is 0.205. The van der Waals surface area contributed by atoms with Crippen LogP contribution in [0.5, 0.6) is 0 Å². The Morgan fingerprint density at radius 3 is 2.30 bits per heavy atom. The van der Waals surface area contributed by atoms with Crippen LogP contribution >= 0.6 is 0 Å². The minimum Gasteiger partial charge on any atom is -0.398 e. The van der Waals surface area contributed by atoms with Crippen molar-refractivity contribution in [2.75, 3.05) is 25.4 Å². The van der Waals surface area contributed by atoms with Crippen LogP contribution in [0.2, 0.25) is 0 Å². The molecule has 4 heteroatoms. The molecule has 1 aliphatic rings. The number of anilines is 1. The van der Waals surface area contributed by atoms with E-state index in [1.54, 1.807) is 0 Å². The second-order valence-corrected chi connectivity index (χ2v) is 6.94. The number of hydrogen-bond acceptors (Lipinski definition) is 4. The van der Waals surface area contributed by atoms with Crippen molar-refractivity contribution in [1.29, 1.82) is 0 Å². The van der Waals surface area contributed by atoms with E-state index in [1.807, 2.05) is 24.3 Å². The summed E-state index contributed by atoms with van der Waals surface area (Å²) in [6.07, 6.45) is -0.569. The molecule has 4 nitrogen and oxygen atoms in total. The van der Waals surface area contributed by atoms with Crippen molar-refractivity contribution < 1.29 is 9.84 Å². The largest absolute Gasteiger partial charge is 0.398 e. The lowest BCUT2D eigenvalue weighted by Crippen LogP contribution is -2.57. The van der Waals surface area contributed by atoms with E-state index >= 15 is 0 Å². The monoisotopic (exact) mass is 278 g/mol. The molecule has 1 aliphatic heterocycles. The van der Waals surface area contributed by atoms with Crippen LogP contribution in [0.4, 0.5) is 5.69 Å². The first-order valence-electron chi connectivity index (χ1n) is 7.14. The molecule has 0 aromatic heterocycles. The van der Waals surface area contributed by atoms with Crippen LogP contribution in [0.25, 0.3) is 0 Å². The number of β-amino-alcohol motifs (C(OH)–C–C–N with tert-alkyl or cyclic N) is 1. The average Bonchev–Trinajstić information content (AvgIpc) is 2.24. The molecule has 1 heterocycles. The second-order valence-electron chi connectivity index (χ2n) is 6.94. The van der Waals surface area contributed by atoms with Crippen molar-refractivity contribution in [2.45, 2.75) is 45.0 Å². The Labute approximate surface area is 121 Å². The van der Waals surface area contributed by atoms with Gasteiger partial charge in [0, 0.05) is 30.9 Å². The van der Waals surface area contributed by atoms with Crippen LogP contribution < -0.4 is 5.73 Å². The molecule has 112 valence electrons. The van der Waals surface area contributed by atoms with E-state index in [4.69, 9.17) is 10.5 Å². The first kappa shape index (κ1) is 15.3. The van der Waals surface area contributed by atoms with E-state index in [0.717, 1.165) is 18.7 Å². The van der Waals surface area contributed by atoms with Crippen molar-refractivity contribution in [2.24, 2.45) is 0 Å². The fourth-order valence-electron chi connectivity index (χ4n) is 3.23. The summed E-state index contributed by atoms with van der Waals surface area (Å²) in [5.74, 6) is 0. The first-order chi connectivity index (χ1) is 9.19. The van der Waals surface area contributed by atoms with Crippen molar-refractivity contribution >= 4 is 5.69 Å². The third kappa shape index (κ3) is 3.72. The zero-order valence-electron chi connectivity index (χ0n) is 12.9. The van der Waals surface area contributed by atoms with Gasteiger partial charge in [-0.2, -0.15) is 0 Å². The molecule has 0 radical (unpaired) electrons. The molecule has 1 unspecified atom stereocenters. The number of hydrogen-bond donors (Lipinski definition) is 2. The summed E-state index contributed by atoms with van der Waals surface area (Å²) >= 11 is 0. The normalized spacial score (nSPS) is 23.4. The van der Waals surface area contributed by atoms with Gasteiger partial charge in [0.2, 0.25) is 0 Å². The predicted molar refractivity (Wildman–Crippen MR) is 81.5 cm³/mol. The molecule has 1 fully saturated rings. The van der Waals surface area contributed by atoms with Crippen molar-refractivity contribution in [3.05, 3.63) is 29.8 Å². The van der Waals surface area contributed by atoms with Crippen LogP contribution in [0.1, 0.15) is 39.4 Å². The Kier molecular flexibility index (Phi) is 4.09. The summed E-state index contributed by atoms with van der Waals surface area (Å²) in [6.45, 7) is 10.5. The standard InChI is InChI=1S/C16H26N2O2/c1-15(2)10-18(11-16(3,4)20-15)9-14(19)12-7-5-6-8-13(12)17/h5-8,14,19H,9-11,17H2,1-4H3. The summed E-state index contributed by atoms with van der Waals surface area (Å²) in [7, 11) is 0. The molecule has 1 aromatic carbocycles. The Bertz CT molecular complexity index is 455. The quantitative estimate of drug-likeness (QED) is 0.832. The maximum absolute atomic E-state index is 10.4. The Morgan fingerprint density at radius 1 is 1.20 bits per heavy atom. The topological polar surface area (TPSA) is 58.7 Å². The Morgan fingerprint density at radius 2 is 1.75 bits per heavy atom. The lowest BCUT2D eigenvalue weighted by Gasteiger charge is -2.47.